The molecule has 0 bridgehead atoms. The van der Waals surface area contributed by atoms with Gasteiger partial charge in [-0.2, -0.15) is 0 Å². The molecule has 1 saturated carbocycles. The number of H-pyrrole nitrogens is 1. The molecule has 6 nitrogen and oxygen atoms in total. The van der Waals surface area contributed by atoms with Gasteiger partial charge in [0.1, 0.15) is 5.71 Å². The summed E-state index contributed by atoms with van der Waals surface area (Å²) in [5.74, 6) is 1.29. The SMILES string of the molecule is CC(=O)OC1(C2=NCCc3c2[nH]c2cc4c(cc32)OCO4)CC1. The largest absolute Gasteiger partial charge is 0.454 e. The fraction of sp³-hybridized carbons (Fsp3) is 0.412. The predicted octanol–water partition coefficient (Wildman–Crippen LogP) is 2.34. The smallest absolute Gasteiger partial charge is 0.303 e. The zero-order valence-corrected chi connectivity index (χ0v) is 12.8. The summed E-state index contributed by atoms with van der Waals surface area (Å²) in [6, 6.07) is 4.00. The Morgan fingerprint density at radius 2 is 2.09 bits per heavy atom. The van der Waals surface area contributed by atoms with Crippen LogP contribution in [0.2, 0.25) is 0 Å². The van der Waals surface area contributed by atoms with Crippen LogP contribution in [0.25, 0.3) is 10.9 Å². The molecule has 0 atom stereocenters. The van der Waals surface area contributed by atoms with Crippen molar-refractivity contribution < 1.29 is 19.0 Å². The second-order valence-electron chi connectivity index (χ2n) is 6.30. The molecule has 1 aromatic heterocycles. The molecule has 1 fully saturated rings. The van der Waals surface area contributed by atoms with Gasteiger partial charge in [0.2, 0.25) is 6.79 Å². The van der Waals surface area contributed by atoms with Crippen molar-refractivity contribution in [3.8, 4) is 11.5 Å². The number of fused-ring (bicyclic) bond motifs is 4. The van der Waals surface area contributed by atoms with E-state index in [9.17, 15) is 4.79 Å². The number of ether oxygens (including phenoxy) is 3. The fourth-order valence-corrected chi connectivity index (χ4v) is 3.61. The van der Waals surface area contributed by atoms with Gasteiger partial charge in [-0.05, 0) is 30.9 Å². The maximum Gasteiger partial charge on any atom is 0.303 e. The lowest BCUT2D eigenvalue weighted by molar-refractivity contribution is -0.144. The number of nitrogens with one attached hydrogen (secondary N) is 1. The van der Waals surface area contributed by atoms with Gasteiger partial charge in [-0.3, -0.25) is 9.79 Å². The van der Waals surface area contributed by atoms with E-state index in [0.29, 0.717) is 6.54 Å². The third-order valence-corrected chi connectivity index (χ3v) is 4.74. The molecule has 23 heavy (non-hydrogen) atoms. The highest BCUT2D eigenvalue weighted by Gasteiger charge is 2.53. The van der Waals surface area contributed by atoms with Crippen LogP contribution in [-0.2, 0) is 16.0 Å². The Labute approximate surface area is 132 Å². The summed E-state index contributed by atoms with van der Waals surface area (Å²) in [7, 11) is 0. The lowest BCUT2D eigenvalue weighted by atomic mass is 9.98. The van der Waals surface area contributed by atoms with Crippen LogP contribution in [0.5, 0.6) is 11.5 Å². The van der Waals surface area contributed by atoms with E-state index in [1.165, 1.54) is 12.5 Å². The maximum absolute atomic E-state index is 11.4. The number of hydrogen-bond acceptors (Lipinski definition) is 5. The summed E-state index contributed by atoms with van der Waals surface area (Å²) >= 11 is 0. The first-order valence-electron chi connectivity index (χ1n) is 7.85. The Balaban J connectivity index is 1.65. The van der Waals surface area contributed by atoms with Gasteiger partial charge in [0, 0.05) is 24.9 Å². The molecule has 2 aromatic rings. The van der Waals surface area contributed by atoms with Crippen molar-refractivity contribution in [3.63, 3.8) is 0 Å². The molecule has 0 spiro atoms. The molecule has 0 saturated heterocycles. The quantitative estimate of drug-likeness (QED) is 0.864. The second kappa shape index (κ2) is 4.28. The number of hydrogen-bond donors (Lipinski definition) is 1. The Bertz CT molecular complexity index is 876. The number of carbonyl (C=O) groups excluding carboxylic acids is 1. The van der Waals surface area contributed by atoms with Gasteiger partial charge in [-0.1, -0.05) is 0 Å². The maximum atomic E-state index is 11.4. The molecule has 0 amide bonds. The van der Waals surface area contributed by atoms with Gasteiger partial charge >= 0.3 is 5.97 Å². The molecule has 3 heterocycles. The van der Waals surface area contributed by atoms with Crippen molar-refractivity contribution in [2.45, 2.75) is 31.8 Å². The van der Waals surface area contributed by atoms with E-state index in [-0.39, 0.29) is 12.8 Å². The monoisotopic (exact) mass is 312 g/mol. The summed E-state index contributed by atoms with van der Waals surface area (Å²) in [4.78, 5) is 19.6. The minimum absolute atomic E-state index is 0.255. The molecule has 118 valence electrons. The van der Waals surface area contributed by atoms with Crippen LogP contribution in [0.1, 0.15) is 31.0 Å². The number of nitrogens with zero attached hydrogens (tertiary/aromatic N) is 1. The summed E-state index contributed by atoms with van der Waals surface area (Å²) in [6.45, 7) is 2.44. The van der Waals surface area contributed by atoms with Gasteiger partial charge in [0.25, 0.3) is 0 Å². The van der Waals surface area contributed by atoms with Crippen molar-refractivity contribution in [1.82, 2.24) is 4.98 Å². The van der Waals surface area contributed by atoms with Crippen molar-refractivity contribution >= 4 is 22.6 Å². The number of aromatic amines is 1. The lowest BCUT2D eigenvalue weighted by Gasteiger charge is -2.21. The van der Waals surface area contributed by atoms with E-state index in [1.807, 2.05) is 12.1 Å². The molecular formula is C17H16N2O4. The Hall–Kier alpha value is -2.50. The predicted molar refractivity (Wildman–Crippen MR) is 83.3 cm³/mol. The second-order valence-corrected chi connectivity index (χ2v) is 6.30. The number of rotatable bonds is 2. The zero-order chi connectivity index (χ0) is 15.6. The van der Waals surface area contributed by atoms with E-state index in [2.05, 4.69) is 9.98 Å². The minimum Gasteiger partial charge on any atom is -0.454 e. The van der Waals surface area contributed by atoms with Crippen molar-refractivity contribution in [2.75, 3.05) is 13.3 Å². The molecule has 1 aromatic carbocycles. The average Bonchev–Trinajstić information content (AvgIpc) is 3.00. The topological polar surface area (TPSA) is 72.9 Å². The Kier molecular flexibility index (Phi) is 2.42. The summed E-state index contributed by atoms with van der Waals surface area (Å²) in [5.41, 5.74) is 3.58. The Morgan fingerprint density at radius 1 is 1.30 bits per heavy atom. The van der Waals surface area contributed by atoms with E-state index in [1.54, 1.807) is 0 Å². The molecule has 1 aliphatic carbocycles. The number of aliphatic imine (C=N–C) groups is 1. The summed E-state index contributed by atoms with van der Waals surface area (Å²) in [5, 5.41) is 1.13. The van der Waals surface area contributed by atoms with Gasteiger partial charge in [0.05, 0.1) is 11.2 Å². The van der Waals surface area contributed by atoms with E-state index >= 15 is 0 Å². The van der Waals surface area contributed by atoms with Gasteiger partial charge in [-0.15, -0.1) is 0 Å². The number of carbonyl (C=O) groups is 1. The summed E-state index contributed by atoms with van der Waals surface area (Å²) < 4.78 is 16.5. The summed E-state index contributed by atoms with van der Waals surface area (Å²) in [6.07, 6.45) is 2.54. The third-order valence-electron chi connectivity index (χ3n) is 4.74. The first-order chi connectivity index (χ1) is 11.2. The van der Waals surface area contributed by atoms with E-state index in [0.717, 1.165) is 53.1 Å². The van der Waals surface area contributed by atoms with Crippen LogP contribution in [0.15, 0.2) is 17.1 Å². The van der Waals surface area contributed by atoms with Gasteiger partial charge in [-0.25, -0.2) is 0 Å². The Morgan fingerprint density at radius 3 is 2.83 bits per heavy atom. The van der Waals surface area contributed by atoms with Crippen LogP contribution >= 0.6 is 0 Å². The fourth-order valence-electron chi connectivity index (χ4n) is 3.61. The minimum atomic E-state index is -0.530. The molecular weight excluding hydrogens is 296 g/mol. The van der Waals surface area contributed by atoms with Crippen molar-refractivity contribution in [1.29, 1.82) is 0 Å². The lowest BCUT2D eigenvalue weighted by Crippen LogP contribution is -2.32. The third kappa shape index (κ3) is 1.81. The molecule has 5 rings (SSSR count). The van der Waals surface area contributed by atoms with Crippen LogP contribution in [0.4, 0.5) is 0 Å². The number of aromatic nitrogens is 1. The van der Waals surface area contributed by atoms with E-state index < -0.39 is 5.60 Å². The molecule has 2 aliphatic heterocycles. The highest BCUT2D eigenvalue weighted by atomic mass is 16.7. The first-order valence-corrected chi connectivity index (χ1v) is 7.85. The molecule has 1 N–H and O–H groups in total. The van der Waals surface area contributed by atoms with Crippen molar-refractivity contribution in [2.24, 2.45) is 4.99 Å². The van der Waals surface area contributed by atoms with Crippen LogP contribution in [0, 0.1) is 0 Å². The number of esters is 1. The van der Waals surface area contributed by atoms with Crippen LogP contribution in [-0.4, -0.2) is 35.6 Å². The van der Waals surface area contributed by atoms with Crippen LogP contribution in [0.3, 0.4) is 0 Å². The first kappa shape index (κ1) is 13.0. The van der Waals surface area contributed by atoms with E-state index in [4.69, 9.17) is 14.2 Å². The van der Waals surface area contributed by atoms with Gasteiger partial charge < -0.3 is 19.2 Å². The van der Waals surface area contributed by atoms with Crippen LogP contribution < -0.4 is 9.47 Å². The van der Waals surface area contributed by atoms with Gasteiger partial charge in [0.15, 0.2) is 17.1 Å². The number of benzene rings is 1. The zero-order valence-electron chi connectivity index (χ0n) is 12.8. The average molecular weight is 312 g/mol. The molecule has 3 aliphatic rings. The highest BCUT2D eigenvalue weighted by molar-refractivity contribution is 6.13. The normalized spacial score (nSPS) is 20.1. The molecule has 6 heteroatoms. The molecule has 0 radical (unpaired) electrons. The molecule has 0 unspecified atom stereocenters. The standard InChI is InChI=1S/C17H16N2O4/c1-9(20)23-17(3-4-17)16-15-10(2-5-18-16)11-6-13-14(22-8-21-13)7-12(11)19-15/h6-7,19H,2-5,8H2,1H3. The van der Waals surface area contributed by atoms with Crippen molar-refractivity contribution in [3.05, 3.63) is 23.4 Å². The highest BCUT2D eigenvalue weighted by Crippen LogP contribution is 2.46.